The van der Waals surface area contributed by atoms with Crippen LogP contribution in [0.15, 0.2) is 43.0 Å². The third-order valence-corrected chi connectivity index (χ3v) is 6.99. The number of H-pyrrole nitrogens is 1. The van der Waals surface area contributed by atoms with Crippen molar-refractivity contribution in [1.82, 2.24) is 30.5 Å². The molecule has 5 heterocycles. The van der Waals surface area contributed by atoms with Crippen LogP contribution in [0.4, 0.5) is 5.95 Å². The predicted octanol–water partition coefficient (Wildman–Crippen LogP) is 4.27. The molecule has 0 saturated carbocycles. The zero-order valence-corrected chi connectivity index (χ0v) is 19.4. The van der Waals surface area contributed by atoms with Crippen LogP contribution in [0.3, 0.4) is 0 Å². The summed E-state index contributed by atoms with van der Waals surface area (Å²) in [5.74, 6) is 1.44. The van der Waals surface area contributed by atoms with Gasteiger partial charge in [0.25, 0.3) is 0 Å². The van der Waals surface area contributed by atoms with Crippen LogP contribution >= 0.6 is 23.2 Å². The summed E-state index contributed by atoms with van der Waals surface area (Å²) in [6, 6.07) is 5.77. The van der Waals surface area contributed by atoms with Crippen LogP contribution in [0.25, 0.3) is 22.2 Å². The minimum atomic E-state index is -0.353. The van der Waals surface area contributed by atoms with E-state index in [-0.39, 0.29) is 6.10 Å². The van der Waals surface area contributed by atoms with Gasteiger partial charge in [-0.15, -0.1) is 0 Å². The summed E-state index contributed by atoms with van der Waals surface area (Å²) in [6.07, 6.45) is 6.43. The van der Waals surface area contributed by atoms with Gasteiger partial charge in [0.05, 0.1) is 15.6 Å². The van der Waals surface area contributed by atoms with E-state index < -0.39 is 0 Å². The molecule has 0 bridgehead atoms. The molecule has 2 aliphatic rings. The normalized spacial score (nSPS) is 17.6. The Balaban J connectivity index is 1.24. The maximum Gasteiger partial charge on any atom is 0.225 e. The lowest BCUT2D eigenvalue weighted by molar-refractivity contribution is 0.119. The number of anilines is 1. The Morgan fingerprint density at radius 1 is 1.06 bits per heavy atom. The third-order valence-electron chi connectivity index (χ3n) is 6.39. The molecular weight excluding hydrogens is 461 g/mol. The highest BCUT2D eigenvalue weighted by Gasteiger charge is 2.48. The van der Waals surface area contributed by atoms with E-state index in [0.29, 0.717) is 26.8 Å². The number of benzene rings is 1. The highest BCUT2D eigenvalue weighted by atomic mass is 35.5. The summed E-state index contributed by atoms with van der Waals surface area (Å²) in [7, 11) is 0. The van der Waals surface area contributed by atoms with Crippen molar-refractivity contribution in [3.05, 3.63) is 58.6 Å². The standard InChI is InChI=1S/C23H21Cl2N7O/c1-13(20-17(24)7-26-8-18(20)25)33-15-2-3-19-16(4-15)21(31-30-19)14-5-28-22(29-6-14)32-11-23(12-32)9-27-10-23/h2-8,13,27H,9-12H2,1H3,(H,30,31)/t13-/m1/s1. The van der Waals surface area contributed by atoms with Crippen molar-refractivity contribution in [3.8, 4) is 17.0 Å². The molecule has 2 aliphatic heterocycles. The molecule has 1 spiro atoms. The molecular formula is C23H21Cl2N7O. The minimum absolute atomic E-state index is 0.353. The summed E-state index contributed by atoms with van der Waals surface area (Å²) in [5, 5.41) is 12.8. The summed E-state index contributed by atoms with van der Waals surface area (Å²) < 4.78 is 6.16. The molecule has 0 aliphatic carbocycles. The number of hydrogen-bond donors (Lipinski definition) is 2. The van der Waals surface area contributed by atoms with Gasteiger partial charge in [-0.2, -0.15) is 5.10 Å². The van der Waals surface area contributed by atoms with Gasteiger partial charge in [0.1, 0.15) is 17.5 Å². The summed E-state index contributed by atoms with van der Waals surface area (Å²) >= 11 is 12.6. The maximum atomic E-state index is 6.29. The number of aromatic nitrogens is 5. The van der Waals surface area contributed by atoms with Gasteiger partial charge < -0.3 is 15.0 Å². The number of hydrogen-bond acceptors (Lipinski definition) is 7. The van der Waals surface area contributed by atoms with Gasteiger partial charge in [-0.05, 0) is 25.1 Å². The number of rotatable bonds is 5. The first-order valence-corrected chi connectivity index (χ1v) is 11.5. The fourth-order valence-electron chi connectivity index (χ4n) is 4.57. The molecule has 0 unspecified atom stereocenters. The monoisotopic (exact) mass is 481 g/mol. The van der Waals surface area contributed by atoms with E-state index in [4.69, 9.17) is 27.9 Å². The van der Waals surface area contributed by atoms with Crippen LogP contribution in [-0.2, 0) is 0 Å². The zero-order chi connectivity index (χ0) is 22.6. The topological polar surface area (TPSA) is 91.8 Å². The average molecular weight is 482 g/mol. The Kier molecular flexibility index (Phi) is 4.90. The number of halogens is 2. The second-order valence-electron chi connectivity index (χ2n) is 8.79. The summed E-state index contributed by atoms with van der Waals surface area (Å²) in [5.41, 5.74) is 3.65. The van der Waals surface area contributed by atoms with Crippen LogP contribution in [0, 0.1) is 5.41 Å². The van der Waals surface area contributed by atoms with Crippen molar-refractivity contribution in [1.29, 1.82) is 0 Å². The number of nitrogens with zero attached hydrogens (tertiary/aromatic N) is 5. The molecule has 6 rings (SSSR count). The molecule has 3 aromatic heterocycles. The van der Waals surface area contributed by atoms with Crippen molar-refractivity contribution in [3.63, 3.8) is 0 Å². The lowest BCUT2D eigenvalue weighted by atomic mass is 9.75. The van der Waals surface area contributed by atoms with Gasteiger partial charge in [0.2, 0.25) is 5.95 Å². The molecule has 2 saturated heterocycles. The van der Waals surface area contributed by atoms with Crippen molar-refractivity contribution < 1.29 is 4.74 Å². The van der Waals surface area contributed by atoms with Crippen molar-refractivity contribution in [2.45, 2.75) is 13.0 Å². The first-order chi connectivity index (χ1) is 16.0. The molecule has 10 heteroatoms. The Bertz CT molecular complexity index is 1310. The molecule has 8 nitrogen and oxygen atoms in total. The number of fused-ring (bicyclic) bond motifs is 1. The highest BCUT2D eigenvalue weighted by molar-refractivity contribution is 6.35. The molecule has 4 aromatic rings. The van der Waals surface area contributed by atoms with Gasteiger partial charge >= 0.3 is 0 Å². The van der Waals surface area contributed by atoms with Gasteiger partial charge in [0.15, 0.2) is 0 Å². The molecule has 2 N–H and O–H groups in total. The number of pyridine rings is 1. The second kappa shape index (κ2) is 7.83. The lowest BCUT2D eigenvalue weighted by Gasteiger charge is -2.55. The van der Waals surface area contributed by atoms with E-state index in [2.05, 4.69) is 35.4 Å². The van der Waals surface area contributed by atoms with Crippen LogP contribution < -0.4 is 15.0 Å². The SMILES string of the molecule is C[C@@H](Oc1ccc2[nH]nc(-c3cnc(N4CC5(CNC5)C4)nc3)c2c1)c1c(Cl)cncc1Cl. The van der Waals surface area contributed by atoms with Gasteiger partial charge in [0, 0.05) is 72.9 Å². The summed E-state index contributed by atoms with van der Waals surface area (Å²) in [6.45, 7) is 6.09. The Hall–Kier alpha value is -2.94. The molecule has 168 valence electrons. The highest BCUT2D eigenvalue weighted by Crippen LogP contribution is 2.37. The maximum absolute atomic E-state index is 6.29. The molecule has 1 atom stereocenters. The predicted molar refractivity (Wildman–Crippen MR) is 128 cm³/mol. The largest absolute Gasteiger partial charge is 0.486 e. The minimum Gasteiger partial charge on any atom is -0.486 e. The van der Waals surface area contributed by atoms with E-state index in [0.717, 1.165) is 54.3 Å². The third kappa shape index (κ3) is 3.58. The first-order valence-electron chi connectivity index (χ1n) is 10.7. The smallest absolute Gasteiger partial charge is 0.225 e. The Labute approximate surface area is 200 Å². The van der Waals surface area contributed by atoms with Crippen LogP contribution in [-0.4, -0.2) is 51.3 Å². The van der Waals surface area contributed by atoms with Crippen molar-refractivity contribution >= 4 is 40.1 Å². The van der Waals surface area contributed by atoms with Gasteiger partial charge in [-0.1, -0.05) is 23.2 Å². The van der Waals surface area contributed by atoms with Gasteiger partial charge in [-0.3, -0.25) is 10.1 Å². The Morgan fingerprint density at radius 3 is 2.45 bits per heavy atom. The second-order valence-corrected chi connectivity index (χ2v) is 9.60. The van der Waals surface area contributed by atoms with Crippen LogP contribution in [0.1, 0.15) is 18.6 Å². The lowest BCUT2D eigenvalue weighted by Crippen LogP contribution is -2.71. The molecule has 0 radical (unpaired) electrons. The molecule has 33 heavy (non-hydrogen) atoms. The molecule has 2 fully saturated rings. The van der Waals surface area contributed by atoms with E-state index in [1.165, 1.54) is 0 Å². The number of nitrogens with one attached hydrogen (secondary N) is 2. The average Bonchev–Trinajstić information content (AvgIpc) is 3.15. The van der Waals surface area contributed by atoms with Gasteiger partial charge in [-0.25, -0.2) is 9.97 Å². The zero-order valence-electron chi connectivity index (χ0n) is 17.8. The van der Waals surface area contributed by atoms with E-state index in [1.54, 1.807) is 12.4 Å². The number of aromatic amines is 1. The van der Waals surface area contributed by atoms with E-state index in [9.17, 15) is 0 Å². The van der Waals surface area contributed by atoms with E-state index >= 15 is 0 Å². The molecule has 1 aromatic carbocycles. The number of ether oxygens (including phenoxy) is 1. The fraction of sp³-hybridized carbons (Fsp3) is 0.304. The summed E-state index contributed by atoms with van der Waals surface area (Å²) in [4.78, 5) is 15.4. The van der Waals surface area contributed by atoms with Crippen LogP contribution in [0.2, 0.25) is 10.0 Å². The quantitative estimate of drug-likeness (QED) is 0.439. The molecule has 0 amide bonds. The van der Waals surface area contributed by atoms with Crippen molar-refractivity contribution in [2.75, 3.05) is 31.1 Å². The van der Waals surface area contributed by atoms with Crippen molar-refractivity contribution in [2.24, 2.45) is 5.41 Å². The van der Waals surface area contributed by atoms with E-state index in [1.807, 2.05) is 37.5 Å². The van der Waals surface area contributed by atoms with Crippen LogP contribution in [0.5, 0.6) is 5.75 Å². The Morgan fingerprint density at radius 2 is 1.79 bits per heavy atom. The fourth-order valence-corrected chi connectivity index (χ4v) is 5.24. The first kappa shape index (κ1) is 20.7.